The topological polar surface area (TPSA) is 86.8 Å². The van der Waals surface area contributed by atoms with Crippen molar-refractivity contribution in [1.82, 2.24) is 10.2 Å². The van der Waals surface area contributed by atoms with E-state index in [4.69, 9.17) is 11.6 Å². The number of benzene rings is 3. The molecule has 0 aliphatic carbocycles. The van der Waals surface area contributed by atoms with Crippen LogP contribution in [0.5, 0.6) is 0 Å². The molecule has 0 unspecified atom stereocenters. The number of halogens is 1. The van der Waals surface area contributed by atoms with E-state index >= 15 is 0 Å². The highest BCUT2D eigenvalue weighted by molar-refractivity contribution is 7.92. The van der Waals surface area contributed by atoms with Crippen molar-refractivity contribution in [2.75, 3.05) is 23.7 Å². The maximum absolute atomic E-state index is 14.0. The molecule has 2 amide bonds. The molecule has 0 aliphatic heterocycles. The van der Waals surface area contributed by atoms with Crippen LogP contribution >= 0.6 is 11.6 Å². The summed E-state index contributed by atoms with van der Waals surface area (Å²) in [5.41, 5.74) is 3.82. The van der Waals surface area contributed by atoms with Crippen LogP contribution in [0, 0.1) is 13.8 Å². The smallest absolute Gasteiger partial charge is 0.244 e. The first kappa shape index (κ1) is 30.2. The fraction of sp³-hybridized carbons (Fsp3) is 0.333. The molecule has 3 rings (SSSR count). The normalized spacial score (nSPS) is 12.0. The molecule has 0 heterocycles. The van der Waals surface area contributed by atoms with Gasteiger partial charge < -0.3 is 10.2 Å². The number of anilines is 1. The number of carbonyl (C=O) groups is 2. The third-order valence-electron chi connectivity index (χ3n) is 6.26. The number of rotatable bonds is 12. The van der Waals surface area contributed by atoms with E-state index in [0.717, 1.165) is 39.2 Å². The number of sulfonamides is 1. The summed E-state index contributed by atoms with van der Waals surface area (Å²) in [7, 11) is -3.81. The van der Waals surface area contributed by atoms with Gasteiger partial charge in [0.1, 0.15) is 12.6 Å². The van der Waals surface area contributed by atoms with Crippen LogP contribution in [-0.2, 0) is 32.6 Å². The van der Waals surface area contributed by atoms with E-state index in [2.05, 4.69) is 5.32 Å². The molecule has 0 fully saturated rings. The molecule has 3 aromatic rings. The van der Waals surface area contributed by atoms with Gasteiger partial charge in [0.2, 0.25) is 21.8 Å². The Bertz CT molecular complexity index is 1360. The van der Waals surface area contributed by atoms with Gasteiger partial charge in [-0.15, -0.1) is 0 Å². The maximum atomic E-state index is 14.0. The standard InChI is InChI=1S/C30H36ClN3O4S/c1-5-15-32-30(36)28(19-24-9-7-6-8-10-24)33(20-25-11-13-26(31)14-12-25)29(35)21-34(39(4,37)38)27-17-22(2)16-23(3)18-27/h6-14,16-18,28H,5,15,19-21H2,1-4H3,(H,32,36)/t28-/m1/s1. The molecule has 7 nitrogen and oxygen atoms in total. The minimum Gasteiger partial charge on any atom is -0.354 e. The number of nitrogens with one attached hydrogen (secondary N) is 1. The Balaban J connectivity index is 2.05. The van der Waals surface area contributed by atoms with Crippen molar-refractivity contribution in [1.29, 1.82) is 0 Å². The van der Waals surface area contributed by atoms with E-state index in [0.29, 0.717) is 17.3 Å². The Morgan fingerprint density at radius 3 is 2.10 bits per heavy atom. The summed E-state index contributed by atoms with van der Waals surface area (Å²) in [6.45, 7) is 5.83. The summed E-state index contributed by atoms with van der Waals surface area (Å²) in [4.78, 5) is 29.0. The number of carbonyl (C=O) groups excluding carboxylic acids is 2. The number of hydrogen-bond acceptors (Lipinski definition) is 4. The summed E-state index contributed by atoms with van der Waals surface area (Å²) in [6.07, 6.45) is 2.10. The second-order valence-corrected chi connectivity index (χ2v) is 12.1. The molecule has 1 atom stereocenters. The van der Waals surface area contributed by atoms with Gasteiger partial charge in [-0.25, -0.2) is 8.42 Å². The van der Waals surface area contributed by atoms with Crippen molar-refractivity contribution in [2.24, 2.45) is 0 Å². The zero-order chi connectivity index (χ0) is 28.6. The Morgan fingerprint density at radius 2 is 1.54 bits per heavy atom. The van der Waals surface area contributed by atoms with Crippen LogP contribution < -0.4 is 9.62 Å². The van der Waals surface area contributed by atoms with Crippen molar-refractivity contribution < 1.29 is 18.0 Å². The van der Waals surface area contributed by atoms with E-state index in [1.54, 1.807) is 36.4 Å². The van der Waals surface area contributed by atoms with Gasteiger partial charge in [0.25, 0.3) is 0 Å². The predicted octanol–water partition coefficient (Wildman–Crippen LogP) is 4.89. The Kier molecular flexibility index (Phi) is 10.5. The minimum absolute atomic E-state index is 0.109. The molecule has 9 heteroatoms. The highest BCUT2D eigenvalue weighted by atomic mass is 35.5. The summed E-state index contributed by atoms with van der Waals surface area (Å²) in [5, 5.41) is 3.48. The molecule has 0 aliphatic rings. The van der Waals surface area contributed by atoms with Crippen LogP contribution in [0.4, 0.5) is 5.69 Å². The molecule has 0 saturated carbocycles. The summed E-state index contributed by atoms with van der Waals surface area (Å²) < 4.78 is 26.9. The van der Waals surface area contributed by atoms with Gasteiger partial charge in [-0.1, -0.05) is 67.1 Å². The van der Waals surface area contributed by atoms with Crippen LogP contribution in [0.1, 0.15) is 35.6 Å². The fourth-order valence-corrected chi connectivity index (χ4v) is 5.37. The third-order valence-corrected chi connectivity index (χ3v) is 7.65. The van der Waals surface area contributed by atoms with Crippen LogP contribution in [0.2, 0.25) is 5.02 Å². The number of aryl methyl sites for hydroxylation is 2. The predicted molar refractivity (Wildman–Crippen MR) is 157 cm³/mol. The zero-order valence-corrected chi connectivity index (χ0v) is 24.4. The van der Waals surface area contributed by atoms with Crippen LogP contribution in [0.15, 0.2) is 72.8 Å². The van der Waals surface area contributed by atoms with E-state index in [1.165, 1.54) is 4.90 Å². The van der Waals surface area contributed by atoms with Crippen molar-refractivity contribution >= 4 is 39.1 Å². The molecule has 3 aromatic carbocycles. The van der Waals surface area contributed by atoms with E-state index < -0.39 is 28.5 Å². The molecule has 1 N–H and O–H groups in total. The van der Waals surface area contributed by atoms with Crippen molar-refractivity contribution in [3.63, 3.8) is 0 Å². The lowest BCUT2D eigenvalue weighted by molar-refractivity contribution is -0.140. The fourth-order valence-electron chi connectivity index (χ4n) is 4.41. The van der Waals surface area contributed by atoms with Crippen LogP contribution in [-0.4, -0.2) is 50.5 Å². The average molecular weight is 570 g/mol. The molecule has 0 saturated heterocycles. The largest absolute Gasteiger partial charge is 0.354 e. The van der Waals surface area contributed by atoms with E-state index in [1.807, 2.05) is 57.2 Å². The molecule has 0 radical (unpaired) electrons. The van der Waals surface area contributed by atoms with Gasteiger partial charge in [-0.3, -0.25) is 13.9 Å². The third kappa shape index (κ3) is 8.83. The molecular weight excluding hydrogens is 534 g/mol. The Hall–Kier alpha value is -3.36. The highest BCUT2D eigenvalue weighted by Gasteiger charge is 2.33. The molecule has 0 aromatic heterocycles. The lowest BCUT2D eigenvalue weighted by Gasteiger charge is -2.33. The zero-order valence-electron chi connectivity index (χ0n) is 22.9. The quantitative estimate of drug-likeness (QED) is 0.336. The summed E-state index contributed by atoms with van der Waals surface area (Å²) >= 11 is 6.08. The molecule has 0 spiro atoms. The van der Waals surface area contributed by atoms with Gasteiger partial charge >= 0.3 is 0 Å². The number of amides is 2. The lowest BCUT2D eigenvalue weighted by atomic mass is 10.0. The van der Waals surface area contributed by atoms with Gasteiger partial charge in [-0.05, 0) is 66.8 Å². The van der Waals surface area contributed by atoms with Gasteiger partial charge in [0.15, 0.2) is 0 Å². The average Bonchev–Trinajstić information content (AvgIpc) is 2.88. The maximum Gasteiger partial charge on any atom is 0.244 e. The molecule has 208 valence electrons. The van der Waals surface area contributed by atoms with Crippen LogP contribution in [0.25, 0.3) is 0 Å². The first-order chi connectivity index (χ1) is 18.5. The van der Waals surface area contributed by atoms with Crippen LogP contribution in [0.3, 0.4) is 0 Å². The number of hydrogen-bond donors (Lipinski definition) is 1. The number of nitrogens with zero attached hydrogens (tertiary/aromatic N) is 2. The van der Waals surface area contributed by atoms with Gasteiger partial charge in [0.05, 0.1) is 11.9 Å². The summed E-state index contributed by atoms with van der Waals surface area (Å²) in [6, 6.07) is 21.1. The minimum atomic E-state index is -3.81. The molecule has 0 bridgehead atoms. The molecular formula is C30H36ClN3O4S. The van der Waals surface area contributed by atoms with E-state index in [-0.39, 0.29) is 18.9 Å². The first-order valence-corrected chi connectivity index (χ1v) is 15.1. The molecule has 39 heavy (non-hydrogen) atoms. The van der Waals surface area contributed by atoms with Crippen molar-refractivity contribution in [2.45, 2.75) is 46.2 Å². The second kappa shape index (κ2) is 13.6. The lowest BCUT2D eigenvalue weighted by Crippen LogP contribution is -2.53. The summed E-state index contributed by atoms with van der Waals surface area (Å²) in [5.74, 6) is -0.776. The van der Waals surface area contributed by atoms with E-state index in [9.17, 15) is 18.0 Å². The monoisotopic (exact) mass is 569 g/mol. The highest BCUT2D eigenvalue weighted by Crippen LogP contribution is 2.23. The van der Waals surface area contributed by atoms with Gasteiger partial charge in [-0.2, -0.15) is 0 Å². The van der Waals surface area contributed by atoms with Gasteiger partial charge in [0, 0.05) is 24.5 Å². The second-order valence-electron chi connectivity index (χ2n) is 9.76. The first-order valence-electron chi connectivity index (χ1n) is 12.9. The SMILES string of the molecule is CCCNC(=O)[C@@H](Cc1ccccc1)N(Cc1ccc(Cl)cc1)C(=O)CN(c1cc(C)cc(C)c1)S(C)(=O)=O. The Labute approximate surface area is 236 Å². The van der Waals surface area contributed by atoms with Crippen molar-refractivity contribution in [3.05, 3.63) is 100 Å². The van der Waals surface area contributed by atoms with Crippen molar-refractivity contribution in [3.8, 4) is 0 Å². The Morgan fingerprint density at radius 1 is 0.923 bits per heavy atom.